The number of ether oxygens (including phenoxy) is 2. The molecule has 4 rings (SSSR count). The minimum atomic E-state index is -0.370. The highest BCUT2D eigenvalue weighted by Gasteiger charge is 2.40. The van der Waals surface area contributed by atoms with Gasteiger partial charge in [-0.15, -0.1) is 0 Å². The van der Waals surface area contributed by atoms with Crippen LogP contribution >= 0.6 is 0 Å². The number of benzene rings is 2. The van der Waals surface area contributed by atoms with Crippen molar-refractivity contribution >= 4 is 11.4 Å². The highest BCUT2D eigenvalue weighted by molar-refractivity contribution is 5.71. The molecule has 0 saturated carbocycles. The van der Waals surface area contributed by atoms with Crippen LogP contribution in [0.3, 0.4) is 0 Å². The zero-order valence-corrected chi connectivity index (χ0v) is 14.6. The number of hydrogen-bond acceptors (Lipinski definition) is 5. The van der Waals surface area contributed by atoms with Crippen molar-refractivity contribution in [3.63, 3.8) is 0 Å². The molecule has 0 saturated heterocycles. The zero-order chi connectivity index (χ0) is 18.3. The number of fused-ring (bicyclic) bond motifs is 3. The van der Waals surface area contributed by atoms with E-state index in [1.54, 1.807) is 13.2 Å². The lowest BCUT2D eigenvalue weighted by atomic mass is 9.76. The van der Waals surface area contributed by atoms with E-state index in [-0.39, 0.29) is 22.6 Å². The monoisotopic (exact) mass is 352 g/mol. The Morgan fingerprint density at radius 2 is 2.04 bits per heavy atom. The molecule has 2 aliphatic rings. The number of rotatable bonds is 4. The third kappa shape index (κ3) is 2.58. The fraction of sp³-hybridized carbons (Fsp3) is 0.300. The van der Waals surface area contributed by atoms with E-state index >= 15 is 0 Å². The van der Waals surface area contributed by atoms with Gasteiger partial charge in [0.1, 0.15) is 11.5 Å². The van der Waals surface area contributed by atoms with Gasteiger partial charge in [-0.3, -0.25) is 10.1 Å². The Bertz CT molecular complexity index is 893. The molecule has 0 amide bonds. The fourth-order valence-corrected chi connectivity index (χ4v) is 4.08. The summed E-state index contributed by atoms with van der Waals surface area (Å²) in [6.07, 6.45) is 5.23. The molecule has 6 heteroatoms. The standard InChI is InChI=1S/C20H20N2O4/c1-25-14-6-3-5-12(9-14)19-16-8-4-7-15(16)17-10-13(22(23)24)11-18(26-2)20(17)21-19/h3-7,9-11,15-16,19,21H,8H2,1-2H3/t15-,16-,19-/m0/s1. The van der Waals surface area contributed by atoms with Gasteiger partial charge < -0.3 is 14.8 Å². The van der Waals surface area contributed by atoms with Crippen LogP contribution in [0.1, 0.15) is 29.5 Å². The Balaban J connectivity index is 1.83. The number of nitro groups is 1. The number of nitro benzene ring substituents is 1. The summed E-state index contributed by atoms with van der Waals surface area (Å²) in [6.45, 7) is 0. The smallest absolute Gasteiger partial charge is 0.273 e. The van der Waals surface area contributed by atoms with Gasteiger partial charge in [-0.05, 0) is 35.6 Å². The molecule has 0 spiro atoms. The minimum Gasteiger partial charge on any atom is -0.497 e. The van der Waals surface area contributed by atoms with Crippen molar-refractivity contribution in [2.45, 2.75) is 18.4 Å². The van der Waals surface area contributed by atoms with Crippen molar-refractivity contribution < 1.29 is 14.4 Å². The number of hydrogen-bond donors (Lipinski definition) is 1. The van der Waals surface area contributed by atoms with Gasteiger partial charge in [0.05, 0.1) is 36.9 Å². The van der Waals surface area contributed by atoms with E-state index in [2.05, 4.69) is 23.5 Å². The summed E-state index contributed by atoms with van der Waals surface area (Å²) in [6, 6.07) is 11.2. The van der Waals surface area contributed by atoms with Gasteiger partial charge in [0.2, 0.25) is 0 Å². The van der Waals surface area contributed by atoms with Crippen molar-refractivity contribution in [1.29, 1.82) is 0 Å². The molecule has 0 bridgehead atoms. The van der Waals surface area contributed by atoms with Crippen LogP contribution in [0.5, 0.6) is 11.5 Å². The maximum Gasteiger partial charge on any atom is 0.273 e. The molecule has 0 radical (unpaired) electrons. The summed E-state index contributed by atoms with van der Waals surface area (Å²) in [7, 11) is 3.20. The quantitative estimate of drug-likeness (QED) is 0.500. The Morgan fingerprint density at radius 3 is 2.77 bits per heavy atom. The van der Waals surface area contributed by atoms with Gasteiger partial charge in [-0.2, -0.15) is 0 Å². The first-order valence-electron chi connectivity index (χ1n) is 8.56. The second-order valence-electron chi connectivity index (χ2n) is 6.62. The average Bonchev–Trinajstić information content (AvgIpc) is 3.16. The first-order valence-corrected chi connectivity index (χ1v) is 8.56. The molecule has 26 heavy (non-hydrogen) atoms. The van der Waals surface area contributed by atoms with Crippen LogP contribution in [0.2, 0.25) is 0 Å². The van der Waals surface area contributed by atoms with E-state index in [4.69, 9.17) is 9.47 Å². The van der Waals surface area contributed by atoms with E-state index in [0.29, 0.717) is 11.7 Å². The summed E-state index contributed by atoms with van der Waals surface area (Å²) >= 11 is 0. The van der Waals surface area contributed by atoms with Crippen LogP contribution in [-0.4, -0.2) is 19.1 Å². The molecule has 1 N–H and O–H groups in total. The molecule has 134 valence electrons. The van der Waals surface area contributed by atoms with Gasteiger partial charge in [0, 0.05) is 12.0 Å². The zero-order valence-electron chi connectivity index (χ0n) is 14.6. The number of allylic oxidation sites excluding steroid dienone is 2. The fourth-order valence-electron chi connectivity index (χ4n) is 4.08. The highest BCUT2D eigenvalue weighted by atomic mass is 16.6. The number of nitrogens with zero attached hydrogens (tertiary/aromatic N) is 1. The first kappa shape index (κ1) is 16.4. The molecule has 2 aromatic rings. The average molecular weight is 352 g/mol. The van der Waals surface area contributed by atoms with Crippen LogP contribution in [0.4, 0.5) is 11.4 Å². The second kappa shape index (κ2) is 6.37. The first-order chi connectivity index (χ1) is 12.6. The van der Waals surface area contributed by atoms with Crippen molar-refractivity contribution in [1.82, 2.24) is 0 Å². The Labute approximate surface area is 151 Å². The van der Waals surface area contributed by atoms with Gasteiger partial charge in [0.15, 0.2) is 0 Å². The maximum absolute atomic E-state index is 11.3. The van der Waals surface area contributed by atoms with Gasteiger partial charge in [0.25, 0.3) is 5.69 Å². The summed E-state index contributed by atoms with van der Waals surface area (Å²) in [5, 5.41) is 14.9. The SMILES string of the molecule is COc1cccc([C@@H]2Nc3c(OC)cc([N+](=O)[O-])cc3[C@H]3C=CC[C@@H]32)c1. The number of methoxy groups -OCH3 is 2. The number of non-ortho nitro benzene ring substituents is 1. The molecule has 1 aliphatic heterocycles. The van der Waals surface area contributed by atoms with Crippen LogP contribution in [0.25, 0.3) is 0 Å². The molecule has 6 nitrogen and oxygen atoms in total. The van der Waals surface area contributed by atoms with Crippen LogP contribution in [-0.2, 0) is 0 Å². The normalized spacial score (nSPS) is 22.9. The topological polar surface area (TPSA) is 73.6 Å². The summed E-state index contributed by atoms with van der Waals surface area (Å²) < 4.78 is 10.8. The van der Waals surface area contributed by atoms with Crippen LogP contribution in [0.15, 0.2) is 48.6 Å². The molecule has 1 heterocycles. The Kier molecular flexibility index (Phi) is 4.03. The molecule has 0 unspecified atom stereocenters. The predicted octanol–water partition coefficient (Wildman–Crippen LogP) is 4.44. The third-order valence-corrected chi connectivity index (χ3v) is 5.30. The lowest BCUT2D eigenvalue weighted by Gasteiger charge is -2.38. The summed E-state index contributed by atoms with van der Waals surface area (Å²) in [5.41, 5.74) is 2.95. The molecule has 0 aromatic heterocycles. The second-order valence-corrected chi connectivity index (χ2v) is 6.62. The van der Waals surface area contributed by atoms with E-state index < -0.39 is 0 Å². The van der Waals surface area contributed by atoms with Crippen molar-refractivity contribution in [3.05, 3.63) is 69.8 Å². The highest BCUT2D eigenvalue weighted by Crippen LogP contribution is 2.53. The molecule has 0 fully saturated rings. The summed E-state index contributed by atoms with van der Waals surface area (Å²) in [5.74, 6) is 1.73. The largest absolute Gasteiger partial charge is 0.497 e. The third-order valence-electron chi connectivity index (χ3n) is 5.30. The van der Waals surface area contributed by atoms with Crippen LogP contribution in [0, 0.1) is 16.0 Å². The van der Waals surface area contributed by atoms with Crippen LogP contribution < -0.4 is 14.8 Å². The molecular weight excluding hydrogens is 332 g/mol. The summed E-state index contributed by atoms with van der Waals surface area (Å²) in [4.78, 5) is 10.9. The van der Waals surface area contributed by atoms with Crippen molar-refractivity contribution in [2.75, 3.05) is 19.5 Å². The molecule has 3 atom stereocenters. The predicted molar refractivity (Wildman–Crippen MR) is 99.0 cm³/mol. The van der Waals surface area contributed by atoms with Crippen molar-refractivity contribution in [3.8, 4) is 11.5 Å². The minimum absolute atomic E-state index is 0.0567. The molecular formula is C20H20N2O4. The van der Waals surface area contributed by atoms with Gasteiger partial charge in [-0.1, -0.05) is 24.3 Å². The Hall–Kier alpha value is -3.02. The number of anilines is 1. The van der Waals surface area contributed by atoms with Crippen molar-refractivity contribution in [2.24, 2.45) is 5.92 Å². The van der Waals surface area contributed by atoms with E-state index in [0.717, 1.165) is 29.0 Å². The van der Waals surface area contributed by atoms with E-state index in [9.17, 15) is 10.1 Å². The lowest BCUT2D eigenvalue weighted by Crippen LogP contribution is -2.29. The number of nitrogens with one attached hydrogen (secondary N) is 1. The van der Waals surface area contributed by atoms with Gasteiger partial charge >= 0.3 is 0 Å². The maximum atomic E-state index is 11.3. The molecule has 2 aromatic carbocycles. The lowest BCUT2D eigenvalue weighted by molar-refractivity contribution is -0.385. The van der Waals surface area contributed by atoms with E-state index in [1.807, 2.05) is 18.2 Å². The van der Waals surface area contributed by atoms with E-state index in [1.165, 1.54) is 13.2 Å². The molecule has 1 aliphatic carbocycles. The Morgan fingerprint density at radius 1 is 1.19 bits per heavy atom. The van der Waals surface area contributed by atoms with Gasteiger partial charge in [-0.25, -0.2) is 0 Å².